The van der Waals surface area contributed by atoms with Crippen molar-refractivity contribution in [3.05, 3.63) is 28.8 Å². The number of aliphatic hydroxyl groups excluding tert-OH is 1. The highest BCUT2D eigenvalue weighted by molar-refractivity contribution is 6.33. The van der Waals surface area contributed by atoms with Crippen LogP contribution in [0.2, 0.25) is 5.02 Å². The molecule has 2 rings (SSSR count). The van der Waals surface area contributed by atoms with Gasteiger partial charge in [-0.2, -0.15) is 0 Å². The average Bonchev–Trinajstić information content (AvgIpc) is 2.51. The molecule has 1 aliphatic carbocycles. The molecule has 1 amide bonds. The summed E-state index contributed by atoms with van der Waals surface area (Å²) in [5.41, 5.74) is 1.40. The lowest BCUT2D eigenvalue weighted by atomic mass is 9.88. The first-order valence-corrected chi connectivity index (χ1v) is 7.78. The fourth-order valence-corrected chi connectivity index (χ4v) is 2.68. The average molecular weight is 306 g/mol. The van der Waals surface area contributed by atoms with E-state index in [-0.39, 0.29) is 18.4 Å². The van der Waals surface area contributed by atoms with Crippen molar-refractivity contribution in [3.63, 3.8) is 0 Å². The van der Waals surface area contributed by atoms with E-state index >= 15 is 0 Å². The minimum absolute atomic E-state index is 0.0475. The summed E-state index contributed by atoms with van der Waals surface area (Å²) in [7, 11) is 0. The molecule has 0 aromatic heterocycles. The Morgan fingerprint density at radius 2 is 2.10 bits per heavy atom. The lowest BCUT2D eigenvalue weighted by Crippen LogP contribution is -2.24. The topological polar surface area (TPSA) is 49.3 Å². The first kappa shape index (κ1) is 15.9. The molecular weight excluding hydrogens is 286 g/mol. The van der Waals surface area contributed by atoms with Crippen molar-refractivity contribution in [2.45, 2.75) is 38.5 Å². The lowest BCUT2D eigenvalue weighted by molar-refractivity contribution is -0.120. The van der Waals surface area contributed by atoms with E-state index in [2.05, 4.69) is 17.2 Å². The van der Waals surface area contributed by atoms with E-state index in [0.29, 0.717) is 17.1 Å². The van der Waals surface area contributed by atoms with Crippen LogP contribution in [0.4, 0.5) is 5.69 Å². The first-order chi connectivity index (χ1) is 10.2. The number of carbonyl (C=O) groups is 1. The summed E-state index contributed by atoms with van der Waals surface area (Å²) in [5, 5.41) is 12.2. The van der Waals surface area contributed by atoms with Crippen molar-refractivity contribution in [1.82, 2.24) is 0 Å². The zero-order valence-corrected chi connectivity index (χ0v) is 12.7. The van der Waals surface area contributed by atoms with Gasteiger partial charge in [0, 0.05) is 17.9 Å². The Hall–Kier alpha value is -1.50. The van der Waals surface area contributed by atoms with Gasteiger partial charge in [0.15, 0.2) is 0 Å². The second-order valence-electron chi connectivity index (χ2n) is 5.29. The fourth-order valence-electron chi connectivity index (χ4n) is 2.52. The number of anilines is 1. The molecule has 1 aliphatic rings. The molecule has 0 bridgehead atoms. The Bertz CT molecular complexity index is 554. The molecule has 3 nitrogen and oxygen atoms in total. The van der Waals surface area contributed by atoms with Gasteiger partial charge in [0.2, 0.25) is 5.91 Å². The molecule has 1 fully saturated rings. The molecule has 112 valence electrons. The molecule has 0 heterocycles. The summed E-state index contributed by atoms with van der Waals surface area (Å²) in [5.74, 6) is 5.95. The van der Waals surface area contributed by atoms with Gasteiger partial charge >= 0.3 is 0 Å². The van der Waals surface area contributed by atoms with Crippen molar-refractivity contribution in [2.75, 3.05) is 11.9 Å². The maximum Gasteiger partial charge on any atom is 0.227 e. The number of amides is 1. The van der Waals surface area contributed by atoms with Gasteiger partial charge in [0.1, 0.15) is 0 Å². The first-order valence-electron chi connectivity index (χ1n) is 7.41. The number of carbonyl (C=O) groups excluding carboxylic acids is 1. The van der Waals surface area contributed by atoms with Crippen LogP contribution in [-0.4, -0.2) is 17.6 Å². The quantitative estimate of drug-likeness (QED) is 0.838. The van der Waals surface area contributed by atoms with E-state index in [1.807, 2.05) is 6.07 Å². The highest BCUT2D eigenvalue weighted by Crippen LogP contribution is 2.27. The summed E-state index contributed by atoms with van der Waals surface area (Å²) in [4.78, 5) is 12.3. The van der Waals surface area contributed by atoms with E-state index in [9.17, 15) is 4.79 Å². The van der Waals surface area contributed by atoms with Crippen LogP contribution in [0, 0.1) is 17.8 Å². The Morgan fingerprint density at radius 1 is 1.33 bits per heavy atom. The third kappa shape index (κ3) is 4.77. The van der Waals surface area contributed by atoms with Crippen LogP contribution in [0.25, 0.3) is 0 Å². The summed E-state index contributed by atoms with van der Waals surface area (Å²) in [6, 6.07) is 5.33. The Balaban J connectivity index is 2.06. The van der Waals surface area contributed by atoms with E-state index in [4.69, 9.17) is 16.7 Å². The second-order valence-corrected chi connectivity index (χ2v) is 5.70. The predicted molar refractivity (Wildman–Crippen MR) is 85.2 cm³/mol. The zero-order valence-electron chi connectivity index (χ0n) is 12.0. The Morgan fingerprint density at radius 3 is 2.81 bits per heavy atom. The lowest BCUT2D eigenvalue weighted by Gasteiger charge is -2.21. The fraction of sp³-hybridized carbons (Fsp3) is 0.471. The minimum Gasteiger partial charge on any atom is -0.395 e. The molecule has 1 aromatic rings. The summed E-state index contributed by atoms with van der Waals surface area (Å²) < 4.78 is 0. The van der Waals surface area contributed by atoms with Gasteiger partial charge < -0.3 is 10.4 Å². The Kier molecular flexibility index (Phi) is 6.10. The van der Waals surface area contributed by atoms with Crippen LogP contribution in [0.3, 0.4) is 0 Å². The molecule has 0 aliphatic heterocycles. The van der Waals surface area contributed by atoms with E-state index in [1.54, 1.807) is 12.1 Å². The van der Waals surface area contributed by atoms with Crippen LogP contribution in [-0.2, 0) is 4.79 Å². The molecule has 1 aromatic carbocycles. The standard InChI is InChI=1S/C17H20ClNO2/c18-15-10-9-13(6-4-5-11-20)12-16(15)19-17(21)14-7-2-1-3-8-14/h9-10,12,14,20H,1-3,5,7-8,11H2,(H,19,21). The molecule has 4 heteroatoms. The van der Waals surface area contributed by atoms with Gasteiger partial charge in [0.25, 0.3) is 0 Å². The number of nitrogens with one attached hydrogen (secondary N) is 1. The zero-order chi connectivity index (χ0) is 15.1. The highest BCUT2D eigenvalue weighted by Gasteiger charge is 2.21. The van der Waals surface area contributed by atoms with Gasteiger partial charge in [0.05, 0.1) is 17.3 Å². The largest absolute Gasteiger partial charge is 0.395 e. The molecule has 0 saturated heterocycles. The van der Waals surface area contributed by atoms with Crippen molar-refractivity contribution in [1.29, 1.82) is 0 Å². The van der Waals surface area contributed by atoms with E-state index in [1.165, 1.54) is 6.42 Å². The van der Waals surface area contributed by atoms with Gasteiger partial charge in [-0.3, -0.25) is 4.79 Å². The highest BCUT2D eigenvalue weighted by atomic mass is 35.5. The number of aliphatic hydroxyl groups is 1. The van der Waals surface area contributed by atoms with Crippen LogP contribution in [0.1, 0.15) is 44.1 Å². The molecule has 21 heavy (non-hydrogen) atoms. The van der Waals surface area contributed by atoms with Gasteiger partial charge in [-0.25, -0.2) is 0 Å². The van der Waals surface area contributed by atoms with E-state index < -0.39 is 0 Å². The smallest absolute Gasteiger partial charge is 0.227 e. The number of halogens is 1. The van der Waals surface area contributed by atoms with Crippen LogP contribution in [0.5, 0.6) is 0 Å². The maximum absolute atomic E-state index is 12.3. The number of hydrogen-bond acceptors (Lipinski definition) is 2. The van der Waals surface area contributed by atoms with Gasteiger partial charge in [-0.15, -0.1) is 0 Å². The summed E-state index contributed by atoms with van der Waals surface area (Å²) >= 11 is 6.14. The van der Waals surface area contributed by atoms with Crippen LogP contribution >= 0.6 is 11.6 Å². The number of rotatable bonds is 3. The molecule has 1 saturated carbocycles. The molecule has 0 spiro atoms. The molecule has 2 N–H and O–H groups in total. The molecule has 0 unspecified atom stereocenters. The Labute approximate surface area is 130 Å². The number of hydrogen-bond donors (Lipinski definition) is 2. The SMILES string of the molecule is O=C(Nc1cc(C#CCCO)ccc1Cl)C1CCCCC1. The summed E-state index contributed by atoms with van der Waals surface area (Å²) in [6.45, 7) is 0.0475. The molecular formula is C17H20ClNO2. The third-order valence-electron chi connectivity index (χ3n) is 3.67. The monoisotopic (exact) mass is 305 g/mol. The maximum atomic E-state index is 12.3. The summed E-state index contributed by atoms with van der Waals surface area (Å²) in [6.07, 6.45) is 5.82. The van der Waals surface area contributed by atoms with E-state index in [0.717, 1.165) is 31.2 Å². The third-order valence-corrected chi connectivity index (χ3v) is 4.00. The van der Waals surface area contributed by atoms with Crippen molar-refractivity contribution >= 4 is 23.2 Å². The van der Waals surface area contributed by atoms with Gasteiger partial charge in [-0.1, -0.05) is 42.7 Å². The minimum atomic E-state index is 0.0475. The normalized spacial score (nSPS) is 15.1. The van der Waals surface area contributed by atoms with Crippen molar-refractivity contribution < 1.29 is 9.90 Å². The molecule has 0 atom stereocenters. The number of benzene rings is 1. The molecule has 0 radical (unpaired) electrons. The van der Waals surface area contributed by atoms with Gasteiger partial charge in [-0.05, 0) is 31.0 Å². The van der Waals surface area contributed by atoms with Crippen molar-refractivity contribution in [2.24, 2.45) is 5.92 Å². The second kappa shape index (κ2) is 8.07. The van der Waals surface area contributed by atoms with Crippen LogP contribution in [0.15, 0.2) is 18.2 Å². The van der Waals surface area contributed by atoms with Crippen molar-refractivity contribution in [3.8, 4) is 11.8 Å². The predicted octanol–water partition coefficient (Wildman–Crippen LogP) is 3.59. The van der Waals surface area contributed by atoms with Crippen LogP contribution < -0.4 is 5.32 Å².